The Labute approximate surface area is 146 Å². The Bertz CT molecular complexity index is 791. The van der Waals surface area contributed by atoms with Crippen LogP contribution in [0.15, 0.2) is 54.6 Å². The molecule has 4 rings (SSSR count). The van der Waals surface area contributed by atoms with Gasteiger partial charge in [0, 0.05) is 13.1 Å². The Morgan fingerprint density at radius 3 is 2.56 bits per heavy atom. The van der Waals surface area contributed by atoms with Gasteiger partial charge in [-0.2, -0.15) is 0 Å². The highest BCUT2D eigenvalue weighted by Crippen LogP contribution is 2.26. The topological polar surface area (TPSA) is 58.6 Å². The van der Waals surface area contributed by atoms with Crippen LogP contribution in [0.1, 0.15) is 22.7 Å². The average molecular weight is 336 g/mol. The van der Waals surface area contributed by atoms with Crippen molar-refractivity contribution in [2.45, 2.75) is 25.1 Å². The highest BCUT2D eigenvalue weighted by molar-refractivity contribution is 5.86. The lowest BCUT2D eigenvalue weighted by Gasteiger charge is -2.37. The summed E-state index contributed by atoms with van der Waals surface area (Å²) in [5, 5.41) is 2.91. The Kier molecular flexibility index (Phi) is 4.24. The normalized spacial score (nSPS) is 22.9. The van der Waals surface area contributed by atoms with Gasteiger partial charge in [0.05, 0.1) is 6.04 Å². The number of fused-ring (bicyclic) bond motifs is 1. The molecule has 2 aromatic rings. The fourth-order valence-electron chi connectivity index (χ4n) is 3.55. The second-order valence-corrected chi connectivity index (χ2v) is 6.47. The molecule has 0 spiro atoms. The fraction of sp³-hybridized carbons (Fsp3) is 0.300. The van der Waals surface area contributed by atoms with E-state index < -0.39 is 12.1 Å². The van der Waals surface area contributed by atoms with Crippen LogP contribution < -0.4 is 5.32 Å². The second kappa shape index (κ2) is 6.69. The van der Waals surface area contributed by atoms with Crippen LogP contribution in [0.5, 0.6) is 0 Å². The van der Waals surface area contributed by atoms with Crippen LogP contribution in [-0.2, 0) is 27.3 Å². The monoisotopic (exact) mass is 336 g/mol. The maximum absolute atomic E-state index is 13.1. The molecule has 0 unspecified atom stereocenters. The maximum Gasteiger partial charge on any atom is 0.254 e. The molecule has 0 radical (unpaired) electrons. The number of morpholine rings is 1. The number of nitrogens with zero attached hydrogens (tertiary/aromatic N) is 1. The van der Waals surface area contributed by atoms with Gasteiger partial charge >= 0.3 is 0 Å². The summed E-state index contributed by atoms with van der Waals surface area (Å²) in [6.07, 6.45) is 0.155. The van der Waals surface area contributed by atoms with E-state index in [0.29, 0.717) is 13.1 Å². The summed E-state index contributed by atoms with van der Waals surface area (Å²) in [5.74, 6) is -0.259. The van der Waals surface area contributed by atoms with E-state index in [1.807, 2.05) is 47.4 Å². The largest absolute Gasteiger partial charge is 0.356 e. The van der Waals surface area contributed by atoms with Gasteiger partial charge in [0.2, 0.25) is 5.91 Å². The number of nitrogens with one attached hydrogen (secondary N) is 1. The molecule has 5 nitrogen and oxygen atoms in total. The van der Waals surface area contributed by atoms with E-state index in [2.05, 4.69) is 17.4 Å². The van der Waals surface area contributed by atoms with Gasteiger partial charge in [0.1, 0.15) is 6.61 Å². The first-order valence-electron chi connectivity index (χ1n) is 8.54. The molecule has 1 N–H and O–H groups in total. The van der Waals surface area contributed by atoms with Gasteiger partial charge in [0.15, 0.2) is 6.10 Å². The smallest absolute Gasteiger partial charge is 0.254 e. The molecule has 2 heterocycles. The molecule has 0 aromatic heterocycles. The lowest BCUT2D eigenvalue weighted by molar-refractivity contribution is -0.156. The first-order valence-corrected chi connectivity index (χ1v) is 8.54. The molecule has 128 valence electrons. The molecule has 1 fully saturated rings. The summed E-state index contributed by atoms with van der Waals surface area (Å²) < 4.78 is 5.66. The molecule has 0 aliphatic carbocycles. The van der Waals surface area contributed by atoms with Gasteiger partial charge in [-0.25, -0.2) is 0 Å². The molecular weight excluding hydrogens is 316 g/mol. The van der Waals surface area contributed by atoms with Gasteiger partial charge in [-0.15, -0.1) is 0 Å². The number of hydrogen-bond acceptors (Lipinski definition) is 3. The highest BCUT2D eigenvalue weighted by atomic mass is 16.5. The van der Waals surface area contributed by atoms with Crippen LogP contribution in [0, 0.1) is 0 Å². The third-order valence-electron chi connectivity index (χ3n) is 4.86. The number of hydrogen-bond donors (Lipinski definition) is 1. The van der Waals surface area contributed by atoms with Gasteiger partial charge in [-0.05, 0) is 23.1 Å². The van der Waals surface area contributed by atoms with Crippen molar-refractivity contribution in [3.63, 3.8) is 0 Å². The molecule has 1 saturated heterocycles. The predicted octanol–water partition coefficient (Wildman–Crippen LogP) is 1.83. The van der Waals surface area contributed by atoms with Crippen molar-refractivity contribution in [2.75, 3.05) is 13.2 Å². The molecule has 0 saturated carbocycles. The molecular formula is C20H20N2O3. The minimum Gasteiger partial charge on any atom is -0.356 e. The summed E-state index contributed by atoms with van der Waals surface area (Å²) in [6, 6.07) is 17.3. The lowest BCUT2D eigenvalue weighted by Crippen LogP contribution is -2.54. The fourth-order valence-corrected chi connectivity index (χ4v) is 3.55. The van der Waals surface area contributed by atoms with Crippen LogP contribution in [0.4, 0.5) is 0 Å². The minimum absolute atomic E-state index is 0.0663. The molecule has 5 heteroatoms. The Morgan fingerprint density at radius 2 is 1.76 bits per heavy atom. The van der Waals surface area contributed by atoms with Crippen LogP contribution >= 0.6 is 0 Å². The zero-order valence-corrected chi connectivity index (χ0v) is 13.9. The van der Waals surface area contributed by atoms with Gasteiger partial charge in [0.25, 0.3) is 5.91 Å². The minimum atomic E-state index is -0.689. The third-order valence-corrected chi connectivity index (χ3v) is 4.86. The number of carbonyl (C=O) groups is 2. The van der Waals surface area contributed by atoms with Crippen LogP contribution in [0.3, 0.4) is 0 Å². The Hall–Kier alpha value is -2.66. The molecule has 25 heavy (non-hydrogen) atoms. The summed E-state index contributed by atoms with van der Waals surface area (Å²) in [5.41, 5.74) is 3.36. The Balaban J connectivity index is 1.57. The standard InChI is InChI=1S/C20H20N2O3/c23-17-13-25-19(18(21-17)15-7-2-1-3-8-15)20(24)22-11-10-14-6-4-5-9-16(14)12-22/h1-9,18-19H,10-13H2,(H,21,23)/t18-,19+/m0/s1. The summed E-state index contributed by atoms with van der Waals surface area (Å²) in [7, 11) is 0. The highest BCUT2D eigenvalue weighted by Gasteiger charge is 2.38. The van der Waals surface area contributed by atoms with E-state index in [9.17, 15) is 9.59 Å². The molecule has 2 aromatic carbocycles. The molecule has 2 aliphatic heterocycles. The average Bonchev–Trinajstić information content (AvgIpc) is 2.67. The van der Waals surface area contributed by atoms with E-state index in [1.54, 1.807) is 0 Å². The third kappa shape index (κ3) is 3.15. The first kappa shape index (κ1) is 15.8. The van der Waals surface area contributed by atoms with E-state index >= 15 is 0 Å². The number of rotatable bonds is 2. The van der Waals surface area contributed by atoms with E-state index in [0.717, 1.165) is 12.0 Å². The number of benzene rings is 2. The quantitative estimate of drug-likeness (QED) is 0.910. The van der Waals surface area contributed by atoms with Crippen molar-refractivity contribution in [2.24, 2.45) is 0 Å². The van der Waals surface area contributed by atoms with Crippen molar-refractivity contribution in [1.29, 1.82) is 0 Å². The zero-order valence-electron chi connectivity index (χ0n) is 13.9. The summed E-state index contributed by atoms with van der Waals surface area (Å²) >= 11 is 0. The lowest BCUT2D eigenvalue weighted by atomic mass is 9.96. The number of amides is 2. The van der Waals surface area contributed by atoms with E-state index in [1.165, 1.54) is 11.1 Å². The van der Waals surface area contributed by atoms with Gasteiger partial charge in [-0.1, -0.05) is 54.6 Å². The molecule has 0 bridgehead atoms. The summed E-state index contributed by atoms with van der Waals surface area (Å²) in [6.45, 7) is 1.18. The van der Waals surface area contributed by atoms with Crippen molar-refractivity contribution < 1.29 is 14.3 Å². The predicted molar refractivity (Wildman–Crippen MR) is 92.6 cm³/mol. The zero-order chi connectivity index (χ0) is 17.2. The van der Waals surface area contributed by atoms with Crippen molar-refractivity contribution in [1.82, 2.24) is 10.2 Å². The number of carbonyl (C=O) groups excluding carboxylic acids is 2. The van der Waals surface area contributed by atoms with Crippen molar-refractivity contribution in [3.05, 3.63) is 71.3 Å². The molecule has 2 atom stereocenters. The molecule has 2 aliphatic rings. The van der Waals surface area contributed by atoms with Crippen LogP contribution in [0.25, 0.3) is 0 Å². The first-order chi connectivity index (χ1) is 12.2. The Morgan fingerprint density at radius 1 is 1.04 bits per heavy atom. The van der Waals surface area contributed by atoms with Crippen molar-refractivity contribution in [3.8, 4) is 0 Å². The van der Waals surface area contributed by atoms with E-state index in [4.69, 9.17) is 4.74 Å². The van der Waals surface area contributed by atoms with Gasteiger partial charge < -0.3 is 15.0 Å². The van der Waals surface area contributed by atoms with Gasteiger partial charge in [-0.3, -0.25) is 9.59 Å². The summed E-state index contributed by atoms with van der Waals surface area (Å²) in [4.78, 5) is 26.7. The van der Waals surface area contributed by atoms with Crippen LogP contribution in [-0.4, -0.2) is 36.0 Å². The second-order valence-electron chi connectivity index (χ2n) is 6.47. The molecule has 2 amide bonds. The number of ether oxygens (including phenoxy) is 1. The van der Waals surface area contributed by atoms with Crippen molar-refractivity contribution >= 4 is 11.8 Å². The van der Waals surface area contributed by atoms with E-state index in [-0.39, 0.29) is 18.4 Å². The SMILES string of the molecule is O=C1CO[C@@H](C(=O)N2CCc3ccccc3C2)[C@H](c2ccccc2)N1. The van der Waals surface area contributed by atoms with Crippen LogP contribution in [0.2, 0.25) is 0 Å². The maximum atomic E-state index is 13.1.